The van der Waals surface area contributed by atoms with E-state index in [1.54, 1.807) is 0 Å². The van der Waals surface area contributed by atoms with Crippen LogP contribution in [0.4, 0.5) is 0 Å². The average molecular weight is 577 g/mol. The molecule has 0 aliphatic carbocycles. The van der Waals surface area contributed by atoms with Gasteiger partial charge in [-0.15, -0.1) is 0 Å². The molecule has 0 aromatic rings. The molecule has 2 unspecified atom stereocenters. The van der Waals surface area contributed by atoms with Crippen molar-refractivity contribution in [1.29, 1.82) is 0 Å². The van der Waals surface area contributed by atoms with Crippen LogP contribution in [0.1, 0.15) is 79.1 Å². The van der Waals surface area contributed by atoms with Gasteiger partial charge >= 0.3 is 25.3 Å². The molecule has 0 aromatic heterocycles. The predicted octanol–water partition coefficient (Wildman–Crippen LogP) is 4.45. The third kappa shape index (κ3) is 28.0. The Balaban J connectivity index is -0.000000372. The second-order valence-electron chi connectivity index (χ2n) is 5.77. The Morgan fingerprint density at radius 2 is 0.852 bits per heavy atom. The van der Waals surface area contributed by atoms with Crippen molar-refractivity contribution in [3.63, 3.8) is 0 Å². The van der Waals surface area contributed by atoms with Crippen LogP contribution in [0, 0.1) is 0 Å². The van der Waals surface area contributed by atoms with Crippen molar-refractivity contribution in [2.45, 2.75) is 79.1 Å². The summed E-state index contributed by atoms with van der Waals surface area (Å²) in [5.41, 5.74) is 0. The molecule has 4 nitrogen and oxygen atoms in total. The van der Waals surface area contributed by atoms with Gasteiger partial charge in [-0.1, -0.05) is 75.8 Å². The molecule has 0 amide bonds. The van der Waals surface area contributed by atoms with E-state index in [1.807, 2.05) is 0 Å². The van der Waals surface area contributed by atoms with Crippen LogP contribution in [0.3, 0.4) is 0 Å². The van der Waals surface area contributed by atoms with Gasteiger partial charge in [-0.25, -0.2) is 0 Å². The monoisotopic (exact) mass is 578 g/mol. The van der Waals surface area contributed by atoms with Crippen LogP contribution >= 0.6 is 0 Å². The Kier molecular flexibility index (Phi) is 35.0. The molecule has 0 rings (SSSR count). The summed E-state index contributed by atoms with van der Waals surface area (Å²) in [5.74, 6) is 0. The van der Waals surface area contributed by atoms with E-state index in [-0.39, 0.29) is 17.3 Å². The van der Waals surface area contributed by atoms with E-state index < -0.39 is 18.5 Å². The normalized spacial score (nSPS) is 12.4. The first-order valence-electron chi connectivity index (χ1n) is 9.46. The van der Waals surface area contributed by atoms with E-state index >= 15 is 0 Å². The van der Waals surface area contributed by atoms with E-state index in [0.29, 0.717) is 0 Å². The summed E-state index contributed by atoms with van der Waals surface area (Å²) in [5, 5.41) is 0. The van der Waals surface area contributed by atoms with Gasteiger partial charge in [-0.05, 0) is 25.7 Å². The zero-order valence-corrected chi connectivity index (χ0v) is 24.0. The predicted molar refractivity (Wildman–Crippen MR) is 128 cm³/mol. The molecular weight excluding hydrogens is 541 g/mol. The van der Waals surface area contributed by atoms with E-state index in [0.717, 1.165) is 26.2 Å². The quantitative estimate of drug-likeness (QED) is 0.171. The molecule has 0 spiro atoms. The maximum atomic E-state index is 8.50. The number of rotatable bonds is 14. The molecule has 27 heavy (non-hydrogen) atoms. The van der Waals surface area contributed by atoms with Crippen molar-refractivity contribution in [3.05, 3.63) is 0 Å². The van der Waals surface area contributed by atoms with Crippen LogP contribution in [0.15, 0.2) is 0 Å². The van der Waals surface area contributed by atoms with E-state index in [1.165, 1.54) is 51.4 Å². The first-order valence-corrected chi connectivity index (χ1v) is 17.2. The van der Waals surface area contributed by atoms with Gasteiger partial charge in [-0.2, -0.15) is 17.3 Å². The van der Waals surface area contributed by atoms with Crippen LogP contribution in [-0.4, -0.2) is 34.8 Å². The Labute approximate surface area is 200 Å². The van der Waals surface area contributed by atoms with Gasteiger partial charge in [0.05, 0.1) is 0 Å². The molecule has 0 bridgehead atoms. The van der Waals surface area contributed by atoms with E-state index in [4.69, 9.17) is 52.5 Å². The summed E-state index contributed by atoms with van der Waals surface area (Å²) in [7, 11) is -0.713. The topological polar surface area (TPSA) is 40.6 Å². The number of unbranched alkanes of at least 4 members (excludes halogenated alkanes) is 4. The summed E-state index contributed by atoms with van der Waals surface area (Å²) >= 11 is 18.4. The molecule has 0 N–H and O–H groups in total. The number of hydrogen-bond acceptors (Lipinski definition) is 6. The second-order valence-corrected chi connectivity index (χ2v) is 13.1. The minimum atomic E-state index is -2.03. The third-order valence-corrected chi connectivity index (χ3v) is 7.57. The molecule has 0 aliphatic rings. The van der Waals surface area contributed by atoms with Gasteiger partial charge in [0.25, 0.3) is 0 Å². The van der Waals surface area contributed by atoms with Crippen LogP contribution in [-0.2, 0) is 88.3 Å². The summed E-state index contributed by atoms with van der Waals surface area (Å²) in [6, 6.07) is 0. The standard InChI is InChI=1S/2C8H19NS3.Mo.2O/c2*1-3-5-7-9(12(10)11)8-6-4-2;;;/h2*3-8H2,1-2H3,(H,10,11);;;/q;;+2;;/p-2. The fourth-order valence-electron chi connectivity index (χ4n) is 1.86. The molecule has 0 fully saturated rings. The summed E-state index contributed by atoms with van der Waals surface area (Å²) in [6.07, 6.45) is 9.80. The van der Waals surface area contributed by atoms with Gasteiger partial charge in [0.1, 0.15) is 0 Å². The van der Waals surface area contributed by atoms with Crippen molar-refractivity contribution in [2.24, 2.45) is 0 Å². The summed E-state index contributed by atoms with van der Waals surface area (Å²) < 4.78 is 21.5. The first kappa shape index (κ1) is 33.7. The van der Waals surface area contributed by atoms with E-state index in [2.05, 4.69) is 36.3 Å². The van der Waals surface area contributed by atoms with Crippen LogP contribution in [0.25, 0.3) is 0 Å². The Bertz CT molecular complexity index is 353. The molecule has 11 heteroatoms. The Morgan fingerprint density at radius 3 is 0.963 bits per heavy atom. The third-order valence-electron chi connectivity index (χ3n) is 3.47. The van der Waals surface area contributed by atoms with Crippen molar-refractivity contribution in [3.8, 4) is 0 Å². The fraction of sp³-hybridized carbons (Fsp3) is 1.00. The molecule has 0 saturated carbocycles. The zero-order valence-electron chi connectivity index (χ0n) is 17.1. The Morgan fingerprint density at radius 1 is 0.667 bits per heavy atom. The molecule has 164 valence electrons. The average Bonchev–Trinajstić information content (AvgIpc) is 2.62. The first-order chi connectivity index (χ1) is 12.9. The van der Waals surface area contributed by atoms with Gasteiger partial charge < -0.3 is 23.3 Å². The van der Waals surface area contributed by atoms with Gasteiger partial charge in [0.15, 0.2) is 0 Å². The Hall–Kier alpha value is 2.05. The fourth-order valence-corrected chi connectivity index (χ4v) is 4.76. The van der Waals surface area contributed by atoms with Crippen molar-refractivity contribution >= 4 is 63.0 Å². The molecule has 0 saturated heterocycles. The van der Waals surface area contributed by atoms with Crippen LogP contribution < -0.4 is 0 Å². The molecule has 2 atom stereocenters. The van der Waals surface area contributed by atoms with Gasteiger partial charge in [0, 0.05) is 26.2 Å². The molecule has 0 heterocycles. The number of hydrogen-bond donors (Lipinski definition) is 0. The maximum absolute atomic E-state index is 8.50. The number of nitrogens with zero attached hydrogens (tertiary/aromatic N) is 2. The molecular formula is C16H36MoN2O2S6. The van der Waals surface area contributed by atoms with Crippen molar-refractivity contribution in [2.75, 3.05) is 26.2 Å². The summed E-state index contributed by atoms with van der Waals surface area (Å²) in [6.45, 7) is 13.1. The molecule has 0 aromatic carbocycles. The minimum absolute atomic E-state index is 0.356. The van der Waals surface area contributed by atoms with Gasteiger partial charge in [0.2, 0.25) is 0 Å². The second kappa shape index (κ2) is 28.0. The van der Waals surface area contributed by atoms with Crippen LogP contribution in [0.5, 0.6) is 0 Å². The van der Waals surface area contributed by atoms with E-state index in [9.17, 15) is 0 Å². The van der Waals surface area contributed by atoms with Crippen LogP contribution in [0.2, 0.25) is 0 Å². The summed E-state index contributed by atoms with van der Waals surface area (Å²) in [4.78, 5) is 0. The SMILES string of the molecule is CCCCN(CCCC)S(=S)[S-].CCCCN(CCCC)S(=S)[S-].[O]=[Mo+2]=[O]. The van der Waals surface area contributed by atoms with Crippen molar-refractivity contribution < 1.29 is 25.3 Å². The van der Waals surface area contributed by atoms with Gasteiger partial charge in [-0.3, -0.25) is 8.61 Å². The molecule has 0 aliphatic heterocycles. The molecule has 0 radical (unpaired) electrons. The zero-order chi connectivity index (χ0) is 21.5. The van der Waals surface area contributed by atoms with Crippen molar-refractivity contribution in [1.82, 2.24) is 8.61 Å².